The van der Waals surface area contributed by atoms with Crippen LogP contribution < -0.4 is 32.4 Å². The molecule has 2 aliphatic heterocycles. The van der Waals surface area contributed by atoms with E-state index in [4.69, 9.17) is 40.6 Å². The number of rotatable bonds is 7. The van der Waals surface area contributed by atoms with E-state index in [0.29, 0.717) is 25.9 Å². The number of nitrogens with two attached hydrogens (primary N) is 3. The van der Waals surface area contributed by atoms with E-state index in [9.17, 15) is 26.4 Å². The third-order valence-electron chi connectivity index (χ3n) is 5.79. The molecule has 2 aromatic rings. The predicted octanol–water partition coefficient (Wildman–Crippen LogP) is -0.754. The van der Waals surface area contributed by atoms with Gasteiger partial charge in [-0.15, -0.1) is 0 Å². The van der Waals surface area contributed by atoms with Crippen molar-refractivity contribution in [2.45, 2.75) is 34.7 Å². The van der Waals surface area contributed by atoms with Gasteiger partial charge < -0.3 is 15.2 Å². The Labute approximate surface area is 251 Å². The Bertz CT molecular complexity index is 1480. The quantitative estimate of drug-likeness (QED) is 0.120. The van der Waals surface area contributed by atoms with Crippen LogP contribution in [0.25, 0.3) is 0 Å². The van der Waals surface area contributed by atoms with E-state index in [2.05, 4.69) is 36.5 Å². The molecule has 41 heavy (non-hydrogen) atoms. The second-order valence-electron chi connectivity index (χ2n) is 8.53. The van der Waals surface area contributed by atoms with Crippen molar-refractivity contribution in [2.24, 2.45) is 17.5 Å². The van der Waals surface area contributed by atoms with Crippen LogP contribution >= 0.6 is 34.8 Å². The predicted molar refractivity (Wildman–Crippen MR) is 152 cm³/mol. The molecule has 0 spiro atoms. The van der Waals surface area contributed by atoms with Crippen molar-refractivity contribution in [3.63, 3.8) is 0 Å². The van der Waals surface area contributed by atoms with E-state index in [1.165, 1.54) is 21.9 Å². The number of likely N-dealkylation sites (N-methyl/N-ethyl adjacent to an activating group) is 2. The first-order valence-corrected chi connectivity index (χ1v) is 15.6. The molecule has 16 nitrogen and oxygen atoms in total. The fourth-order valence-electron chi connectivity index (χ4n) is 3.60. The van der Waals surface area contributed by atoms with Gasteiger partial charge in [-0.3, -0.25) is 21.3 Å². The van der Waals surface area contributed by atoms with E-state index >= 15 is 0 Å². The number of carbonyl (C=O) groups is 2. The number of nitrogen functional groups attached to an aromatic ring is 1. The van der Waals surface area contributed by atoms with Crippen LogP contribution in [-0.2, 0) is 29.6 Å². The number of nitrogens with one attached hydrogen (secondary N) is 3. The standard InChI is InChI=1S/C10H11Cl2N3O3S.C10H14ClN5O3S.H4N2/c1-15-3-2-8(10(15)16)14-19(17,18)6-4-7(11)9(12)13-5-6;1-16-3-2-8(10(16)17)15-20(18,19)6-4-7(11)9(14-12)13-5-6;1-2/h4-5,8,14H,2-3H2,1H3;4-5,8,15H,2-3,12H2,1H3,(H,13,14);1-2H2/t2*8-;/m11./s1. The molecule has 2 saturated heterocycles. The summed E-state index contributed by atoms with van der Waals surface area (Å²) >= 11 is 17.2. The minimum Gasteiger partial charge on any atom is -0.344 e. The van der Waals surface area contributed by atoms with E-state index in [0.717, 1.165) is 12.4 Å². The van der Waals surface area contributed by atoms with E-state index in [1.54, 1.807) is 14.1 Å². The number of nitrogens with zero attached hydrogens (tertiary/aromatic N) is 4. The second kappa shape index (κ2) is 14.7. The molecule has 0 aliphatic carbocycles. The molecule has 2 atom stereocenters. The van der Waals surface area contributed by atoms with Crippen molar-refractivity contribution in [2.75, 3.05) is 32.6 Å². The van der Waals surface area contributed by atoms with Crippen molar-refractivity contribution in [1.29, 1.82) is 0 Å². The van der Waals surface area contributed by atoms with Gasteiger partial charge in [-0.25, -0.2) is 32.6 Å². The highest BCUT2D eigenvalue weighted by Gasteiger charge is 2.34. The Hall–Kier alpha value is -2.39. The maximum absolute atomic E-state index is 12.2. The topological polar surface area (TPSA) is 249 Å². The highest BCUT2D eigenvalue weighted by molar-refractivity contribution is 7.89. The van der Waals surface area contributed by atoms with Crippen LogP contribution in [0.1, 0.15) is 12.8 Å². The number of sulfonamides is 2. The summed E-state index contributed by atoms with van der Waals surface area (Å²) in [4.78, 5) is 33.5. The Kier molecular flexibility index (Phi) is 12.5. The molecule has 2 fully saturated rings. The van der Waals surface area contributed by atoms with Crippen LogP contribution in [-0.4, -0.2) is 87.7 Å². The van der Waals surface area contributed by atoms with Gasteiger partial charge in [0.05, 0.1) is 10.0 Å². The molecule has 2 aromatic heterocycles. The van der Waals surface area contributed by atoms with E-state index in [1.807, 2.05) is 0 Å². The molecule has 2 amide bonds. The number of aromatic nitrogens is 2. The zero-order valence-corrected chi connectivity index (χ0v) is 25.6. The van der Waals surface area contributed by atoms with Crippen molar-refractivity contribution in [1.82, 2.24) is 29.2 Å². The van der Waals surface area contributed by atoms with Crippen LogP contribution in [0.15, 0.2) is 34.3 Å². The molecule has 228 valence electrons. The number of hydrogen-bond donors (Lipinski definition) is 6. The number of pyridine rings is 2. The lowest BCUT2D eigenvalue weighted by Crippen LogP contribution is -2.40. The maximum Gasteiger partial charge on any atom is 0.242 e. The van der Waals surface area contributed by atoms with Gasteiger partial charge in [0, 0.05) is 39.6 Å². The molecule has 9 N–H and O–H groups in total. The summed E-state index contributed by atoms with van der Waals surface area (Å²) in [5.74, 6) is 12.8. The monoisotopic (exact) mass is 674 g/mol. The lowest BCUT2D eigenvalue weighted by molar-refractivity contribution is -0.128. The number of hydrogen-bond acceptors (Lipinski definition) is 12. The largest absolute Gasteiger partial charge is 0.344 e. The molecule has 0 bridgehead atoms. The summed E-state index contributed by atoms with van der Waals surface area (Å²) in [6.07, 6.45) is 3.08. The summed E-state index contributed by atoms with van der Waals surface area (Å²) in [5.41, 5.74) is 2.24. The number of anilines is 1. The first-order valence-electron chi connectivity index (χ1n) is 11.5. The first-order chi connectivity index (χ1) is 19.2. The van der Waals surface area contributed by atoms with E-state index in [-0.39, 0.29) is 42.6 Å². The summed E-state index contributed by atoms with van der Waals surface area (Å²) in [5, 5.41) is 0.141. The Morgan fingerprint density at radius 1 is 0.805 bits per heavy atom. The fourth-order valence-corrected chi connectivity index (χ4v) is 6.61. The van der Waals surface area contributed by atoms with Gasteiger partial charge in [0.25, 0.3) is 0 Å². The molecular weight excluding hydrogens is 647 g/mol. The van der Waals surface area contributed by atoms with Gasteiger partial charge in [0.2, 0.25) is 31.9 Å². The van der Waals surface area contributed by atoms with E-state index < -0.39 is 32.1 Å². The van der Waals surface area contributed by atoms with Crippen molar-refractivity contribution in [3.8, 4) is 0 Å². The van der Waals surface area contributed by atoms with Crippen molar-refractivity contribution >= 4 is 72.5 Å². The average molecular weight is 676 g/mol. The molecular formula is C20H29Cl3N10O6S2. The maximum atomic E-state index is 12.2. The van der Waals surface area contributed by atoms with Crippen molar-refractivity contribution in [3.05, 3.63) is 39.7 Å². The summed E-state index contributed by atoms with van der Waals surface area (Å²) in [6, 6.07) is 0.915. The molecule has 0 saturated carbocycles. The summed E-state index contributed by atoms with van der Waals surface area (Å²) in [7, 11) is -4.46. The number of carbonyl (C=O) groups excluding carboxylic acids is 2. The SMILES string of the molecule is CN1CC[C@@H](NS(=O)(=O)c2cnc(Cl)c(Cl)c2)C1=O.CN1CC[C@@H](NS(=O)(=O)c2cnc(NN)c(Cl)c2)C1=O.NN. The Morgan fingerprint density at radius 3 is 1.56 bits per heavy atom. The van der Waals surface area contributed by atoms with Crippen LogP contribution in [0.3, 0.4) is 0 Å². The third-order valence-corrected chi connectivity index (χ3v) is 9.65. The smallest absolute Gasteiger partial charge is 0.242 e. The zero-order chi connectivity index (χ0) is 31.1. The van der Waals surface area contributed by atoms with Gasteiger partial charge in [0.1, 0.15) is 27.0 Å². The van der Waals surface area contributed by atoms with Gasteiger partial charge in [-0.05, 0) is 25.0 Å². The number of amides is 2. The molecule has 2 aliphatic rings. The third kappa shape index (κ3) is 8.80. The minimum absolute atomic E-state index is 0.0253. The molecule has 21 heteroatoms. The Morgan fingerprint density at radius 2 is 1.22 bits per heavy atom. The number of hydrazine groups is 2. The first kappa shape index (κ1) is 34.8. The van der Waals surface area contributed by atoms with Crippen LogP contribution in [0, 0.1) is 0 Å². The lowest BCUT2D eigenvalue weighted by Gasteiger charge is -2.13. The van der Waals surface area contributed by atoms with Crippen LogP contribution in [0.4, 0.5) is 5.82 Å². The normalized spacial score (nSPS) is 18.9. The molecule has 4 heterocycles. The fraction of sp³-hybridized carbons (Fsp3) is 0.400. The Balaban J connectivity index is 0.000000271. The van der Waals surface area contributed by atoms with Crippen molar-refractivity contribution < 1.29 is 26.4 Å². The zero-order valence-electron chi connectivity index (χ0n) is 21.7. The van der Waals surface area contributed by atoms with Gasteiger partial charge in [0.15, 0.2) is 5.82 Å². The molecule has 0 aromatic carbocycles. The molecule has 4 rings (SSSR count). The summed E-state index contributed by atoms with van der Waals surface area (Å²) < 4.78 is 53.2. The minimum atomic E-state index is -3.86. The van der Waals surface area contributed by atoms with Gasteiger partial charge in [-0.2, -0.15) is 9.44 Å². The highest BCUT2D eigenvalue weighted by Crippen LogP contribution is 2.24. The lowest BCUT2D eigenvalue weighted by atomic mass is 10.3. The summed E-state index contributed by atoms with van der Waals surface area (Å²) in [6.45, 7) is 1.03. The molecule has 0 radical (unpaired) electrons. The second-order valence-corrected chi connectivity index (χ2v) is 13.1. The molecule has 0 unspecified atom stereocenters. The van der Waals surface area contributed by atoms with Crippen LogP contribution in [0.5, 0.6) is 0 Å². The average Bonchev–Trinajstić information content (AvgIpc) is 3.41. The van der Waals surface area contributed by atoms with Gasteiger partial charge in [-0.1, -0.05) is 34.8 Å². The van der Waals surface area contributed by atoms with Crippen LogP contribution in [0.2, 0.25) is 15.2 Å². The number of likely N-dealkylation sites (tertiary alicyclic amines) is 2. The highest BCUT2D eigenvalue weighted by atomic mass is 35.5. The number of halogens is 3. The van der Waals surface area contributed by atoms with Gasteiger partial charge >= 0.3 is 0 Å².